The van der Waals surface area contributed by atoms with Gasteiger partial charge < -0.3 is 14.5 Å². The molecule has 0 aliphatic heterocycles. The lowest BCUT2D eigenvalue weighted by Crippen LogP contribution is -2.35. The van der Waals surface area contributed by atoms with Gasteiger partial charge in [0.25, 0.3) is 10.0 Å². The van der Waals surface area contributed by atoms with Crippen molar-refractivity contribution >= 4 is 34.7 Å². The van der Waals surface area contributed by atoms with Crippen molar-refractivity contribution in [3.8, 4) is 11.6 Å². The van der Waals surface area contributed by atoms with Crippen LogP contribution in [-0.2, 0) is 21.8 Å². The van der Waals surface area contributed by atoms with Gasteiger partial charge in [-0.15, -0.1) is 0 Å². The summed E-state index contributed by atoms with van der Waals surface area (Å²) in [6.45, 7) is 8.66. The van der Waals surface area contributed by atoms with Gasteiger partial charge in [0, 0.05) is 45.2 Å². The number of methoxy groups -OCH3 is 1. The third-order valence-corrected chi connectivity index (χ3v) is 9.32. The number of anilines is 1. The summed E-state index contributed by atoms with van der Waals surface area (Å²) < 4.78 is 43.7. The fourth-order valence-electron chi connectivity index (χ4n) is 3.89. The molecule has 0 bridgehead atoms. The molecule has 37 heavy (non-hydrogen) atoms. The Balaban J connectivity index is 1.79. The van der Waals surface area contributed by atoms with Crippen LogP contribution in [0.5, 0.6) is 5.75 Å². The number of pyridine rings is 1. The molecule has 11 nitrogen and oxygen atoms in total. The maximum atomic E-state index is 14.0. The first kappa shape index (κ1) is 26.6. The zero-order valence-corrected chi connectivity index (χ0v) is 23.7. The monoisotopic (exact) mass is 544 g/mol. The van der Waals surface area contributed by atoms with E-state index in [0.717, 1.165) is 11.4 Å². The minimum absolute atomic E-state index is 0.0495. The highest BCUT2D eigenvalue weighted by molar-refractivity contribution is 7.92. The van der Waals surface area contributed by atoms with Gasteiger partial charge >= 0.3 is 5.69 Å². The van der Waals surface area contributed by atoms with Crippen LogP contribution in [-0.4, -0.2) is 61.3 Å². The number of imidazole rings is 1. The number of nitrogens with zero attached hydrogens (tertiary/aromatic N) is 5. The molecule has 0 unspecified atom stereocenters. The lowest BCUT2D eigenvalue weighted by atomic mass is 10.2. The standard InChI is InChI=1S/C24H32N6O5SSi/c1-17-15-29(24(31)27-17)21-10-8-19(14-25-21)36(32,33)30(16-35-11-12-37(4,5)6)23-20(34-3)9-7-18-13-26-28(2)22(18)23/h7-10,13-15H,11-12,16H2,1-6H3,(H,27,31). The van der Waals surface area contributed by atoms with Gasteiger partial charge in [0.2, 0.25) is 0 Å². The number of aryl methyl sites for hydroxylation is 2. The highest BCUT2D eigenvalue weighted by Crippen LogP contribution is 2.39. The maximum Gasteiger partial charge on any atom is 0.331 e. The number of fused-ring (bicyclic) bond motifs is 1. The largest absolute Gasteiger partial charge is 0.494 e. The molecule has 0 fully saturated rings. The first-order valence-corrected chi connectivity index (χ1v) is 16.9. The Bertz CT molecular complexity index is 1570. The first-order valence-electron chi connectivity index (χ1n) is 11.8. The summed E-state index contributed by atoms with van der Waals surface area (Å²) in [5.74, 6) is 0.671. The van der Waals surface area contributed by atoms with Gasteiger partial charge in [-0.05, 0) is 37.2 Å². The lowest BCUT2D eigenvalue weighted by Gasteiger charge is -2.27. The van der Waals surface area contributed by atoms with Crippen LogP contribution < -0.4 is 14.7 Å². The summed E-state index contributed by atoms with van der Waals surface area (Å²) in [5, 5.41) is 5.07. The molecule has 3 heterocycles. The predicted octanol–water partition coefficient (Wildman–Crippen LogP) is 3.27. The highest BCUT2D eigenvalue weighted by Gasteiger charge is 2.31. The number of aromatic nitrogens is 5. The van der Waals surface area contributed by atoms with Crippen molar-refractivity contribution in [2.24, 2.45) is 7.05 Å². The van der Waals surface area contributed by atoms with E-state index in [1.165, 1.54) is 34.3 Å². The van der Waals surface area contributed by atoms with Gasteiger partial charge in [0.15, 0.2) is 0 Å². The van der Waals surface area contributed by atoms with Gasteiger partial charge in [-0.3, -0.25) is 9.25 Å². The number of hydrogen-bond donors (Lipinski definition) is 1. The third-order valence-electron chi connectivity index (χ3n) is 5.91. The maximum absolute atomic E-state index is 14.0. The molecule has 0 saturated carbocycles. The van der Waals surface area contributed by atoms with Crippen LogP contribution >= 0.6 is 0 Å². The zero-order valence-electron chi connectivity index (χ0n) is 21.8. The van der Waals surface area contributed by atoms with Crippen molar-refractivity contribution in [1.82, 2.24) is 24.3 Å². The second kappa shape index (κ2) is 10.1. The van der Waals surface area contributed by atoms with E-state index < -0.39 is 18.1 Å². The Morgan fingerprint density at radius 3 is 2.49 bits per heavy atom. The summed E-state index contributed by atoms with van der Waals surface area (Å²) in [5.41, 5.74) is 1.23. The minimum atomic E-state index is -4.15. The molecule has 4 aromatic rings. The predicted molar refractivity (Wildman–Crippen MR) is 145 cm³/mol. The highest BCUT2D eigenvalue weighted by atomic mass is 32.2. The van der Waals surface area contributed by atoms with Crippen LogP contribution in [0.4, 0.5) is 5.69 Å². The molecular formula is C24H32N6O5SSi. The van der Waals surface area contributed by atoms with Crippen LogP contribution in [0.2, 0.25) is 25.7 Å². The molecular weight excluding hydrogens is 512 g/mol. The van der Waals surface area contributed by atoms with Gasteiger partial charge in [-0.2, -0.15) is 5.10 Å². The number of benzene rings is 1. The Labute approximate surface area is 216 Å². The number of rotatable bonds is 10. The fraction of sp³-hybridized carbons (Fsp3) is 0.375. The average molecular weight is 545 g/mol. The van der Waals surface area contributed by atoms with Crippen molar-refractivity contribution in [3.05, 3.63) is 59.0 Å². The molecule has 1 aromatic carbocycles. The van der Waals surface area contributed by atoms with Crippen molar-refractivity contribution in [2.45, 2.75) is 37.5 Å². The molecule has 0 aliphatic carbocycles. The number of ether oxygens (including phenoxy) is 2. The molecule has 0 aliphatic rings. The second-order valence-corrected chi connectivity index (χ2v) is 17.5. The first-order chi connectivity index (χ1) is 17.4. The van der Waals surface area contributed by atoms with Crippen molar-refractivity contribution in [2.75, 3.05) is 24.8 Å². The lowest BCUT2D eigenvalue weighted by molar-refractivity contribution is 0.156. The van der Waals surface area contributed by atoms with Crippen LogP contribution in [0.3, 0.4) is 0 Å². The molecule has 1 N–H and O–H groups in total. The van der Waals surface area contributed by atoms with E-state index in [-0.39, 0.29) is 17.3 Å². The van der Waals surface area contributed by atoms with Crippen molar-refractivity contribution in [1.29, 1.82) is 0 Å². The summed E-state index contributed by atoms with van der Waals surface area (Å²) in [7, 11) is -2.31. The Morgan fingerprint density at radius 1 is 1.14 bits per heavy atom. The van der Waals surface area contributed by atoms with E-state index in [1.54, 1.807) is 37.1 Å². The molecule has 3 aromatic heterocycles. The minimum Gasteiger partial charge on any atom is -0.494 e. The second-order valence-electron chi connectivity index (χ2n) is 9.99. The fourth-order valence-corrected chi connectivity index (χ4v) is 5.96. The Morgan fingerprint density at radius 2 is 1.89 bits per heavy atom. The van der Waals surface area contributed by atoms with Crippen LogP contribution in [0, 0.1) is 6.92 Å². The van der Waals surface area contributed by atoms with Gasteiger partial charge in [-0.25, -0.2) is 22.5 Å². The number of hydrogen-bond acceptors (Lipinski definition) is 7. The van der Waals surface area contributed by atoms with E-state index in [1.807, 2.05) is 6.07 Å². The molecule has 13 heteroatoms. The number of sulfonamides is 1. The van der Waals surface area contributed by atoms with E-state index in [9.17, 15) is 13.2 Å². The van der Waals surface area contributed by atoms with E-state index >= 15 is 0 Å². The topological polar surface area (TPSA) is 124 Å². The average Bonchev–Trinajstić information content (AvgIpc) is 3.39. The molecule has 4 rings (SSSR count). The Kier molecular flexibility index (Phi) is 7.30. The molecule has 0 saturated heterocycles. The van der Waals surface area contributed by atoms with Crippen LogP contribution in [0.15, 0.2) is 52.5 Å². The number of aromatic amines is 1. The normalized spacial score (nSPS) is 12.3. The van der Waals surface area contributed by atoms with Gasteiger partial charge in [-0.1, -0.05) is 19.6 Å². The van der Waals surface area contributed by atoms with Crippen LogP contribution in [0.25, 0.3) is 16.7 Å². The van der Waals surface area contributed by atoms with E-state index in [0.29, 0.717) is 35.1 Å². The summed E-state index contributed by atoms with van der Waals surface area (Å²) in [6.07, 6.45) is 4.51. The zero-order chi connectivity index (χ0) is 27.0. The van der Waals surface area contributed by atoms with Gasteiger partial charge in [0.1, 0.15) is 28.9 Å². The van der Waals surface area contributed by atoms with Crippen LogP contribution in [0.1, 0.15) is 5.69 Å². The van der Waals surface area contributed by atoms with E-state index in [4.69, 9.17) is 9.47 Å². The molecule has 0 radical (unpaired) electrons. The number of H-pyrrole nitrogens is 1. The van der Waals surface area contributed by atoms with Gasteiger partial charge in [0.05, 0.1) is 18.8 Å². The summed E-state index contributed by atoms with van der Waals surface area (Å²) in [4.78, 5) is 19.0. The quantitative estimate of drug-likeness (QED) is 0.185. The molecule has 198 valence electrons. The summed E-state index contributed by atoms with van der Waals surface area (Å²) in [6, 6.07) is 7.35. The van der Waals surface area contributed by atoms with Crippen molar-refractivity contribution < 1.29 is 17.9 Å². The third kappa shape index (κ3) is 5.48. The molecule has 0 atom stereocenters. The molecule has 0 spiro atoms. The molecule has 0 amide bonds. The van der Waals surface area contributed by atoms with Crippen molar-refractivity contribution in [3.63, 3.8) is 0 Å². The summed E-state index contributed by atoms with van der Waals surface area (Å²) >= 11 is 0. The van der Waals surface area contributed by atoms with E-state index in [2.05, 4.69) is 34.7 Å². The Hall–Kier alpha value is -3.42. The smallest absolute Gasteiger partial charge is 0.331 e. The SMILES string of the molecule is COc1ccc2cnn(C)c2c1N(COCC[Si](C)(C)C)S(=O)(=O)c1ccc(-n2cc(C)[nH]c2=O)nc1. The number of nitrogens with one attached hydrogen (secondary N) is 1.